The Morgan fingerprint density at radius 1 is 1.39 bits per heavy atom. The Kier molecular flexibility index (Phi) is 6.68. The number of hydrogen-bond donors (Lipinski definition) is 1. The van der Waals surface area contributed by atoms with Gasteiger partial charge in [0.25, 0.3) is 0 Å². The van der Waals surface area contributed by atoms with Crippen molar-refractivity contribution in [1.82, 2.24) is 10.3 Å². The summed E-state index contributed by atoms with van der Waals surface area (Å²) < 4.78 is 10.9. The van der Waals surface area contributed by atoms with Crippen LogP contribution in [-0.4, -0.2) is 31.3 Å². The van der Waals surface area contributed by atoms with Crippen molar-refractivity contribution in [2.45, 2.75) is 39.8 Å². The lowest BCUT2D eigenvalue weighted by Gasteiger charge is -2.16. The van der Waals surface area contributed by atoms with Gasteiger partial charge in [-0.2, -0.15) is 0 Å². The summed E-state index contributed by atoms with van der Waals surface area (Å²) in [6.07, 6.45) is 1.21. The van der Waals surface area contributed by atoms with Gasteiger partial charge in [-0.3, -0.25) is 4.98 Å². The Labute approximate surface area is 110 Å². The van der Waals surface area contributed by atoms with Gasteiger partial charge in [0.2, 0.25) is 0 Å². The highest BCUT2D eigenvalue weighted by Gasteiger charge is 2.08. The molecule has 0 radical (unpaired) electrons. The number of aromatic nitrogens is 1. The molecular weight excluding hydrogens is 228 g/mol. The van der Waals surface area contributed by atoms with Gasteiger partial charge in [0.15, 0.2) is 0 Å². The molecule has 0 saturated heterocycles. The maximum atomic E-state index is 5.87. The molecule has 1 heterocycles. The van der Waals surface area contributed by atoms with Crippen LogP contribution in [0.3, 0.4) is 0 Å². The van der Waals surface area contributed by atoms with Crippen molar-refractivity contribution in [2.24, 2.45) is 0 Å². The van der Waals surface area contributed by atoms with Gasteiger partial charge in [0.1, 0.15) is 5.75 Å². The third kappa shape index (κ3) is 5.02. The SMILES string of the molecule is CCC(C)Oc1ccc(C)nc1CNCCOC. The van der Waals surface area contributed by atoms with Crippen LogP contribution in [0.15, 0.2) is 12.1 Å². The second-order valence-corrected chi connectivity index (χ2v) is 4.40. The quantitative estimate of drug-likeness (QED) is 0.721. The molecule has 4 heteroatoms. The number of nitrogens with one attached hydrogen (secondary N) is 1. The van der Waals surface area contributed by atoms with E-state index in [4.69, 9.17) is 9.47 Å². The summed E-state index contributed by atoms with van der Waals surface area (Å²) in [5, 5.41) is 3.29. The molecule has 0 spiro atoms. The van der Waals surface area contributed by atoms with Crippen LogP contribution in [0.5, 0.6) is 5.75 Å². The van der Waals surface area contributed by atoms with E-state index >= 15 is 0 Å². The molecule has 0 fully saturated rings. The summed E-state index contributed by atoms with van der Waals surface area (Å²) in [4.78, 5) is 4.53. The van der Waals surface area contributed by atoms with E-state index in [1.807, 2.05) is 19.1 Å². The third-order valence-electron chi connectivity index (χ3n) is 2.75. The minimum Gasteiger partial charge on any atom is -0.489 e. The molecule has 0 aliphatic rings. The number of ether oxygens (including phenoxy) is 2. The molecule has 102 valence electrons. The van der Waals surface area contributed by atoms with E-state index in [0.29, 0.717) is 13.2 Å². The molecule has 0 aliphatic carbocycles. The average molecular weight is 252 g/mol. The van der Waals surface area contributed by atoms with Gasteiger partial charge in [-0.05, 0) is 32.4 Å². The van der Waals surface area contributed by atoms with Crippen LogP contribution in [0.25, 0.3) is 0 Å². The zero-order valence-electron chi connectivity index (χ0n) is 11.8. The van der Waals surface area contributed by atoms with Gasteiger partial charge < -0.3 is 14.8 Å². The highest BCUT2D eigenvalue weighted by atomic mass is 16.5. The molecule has 4 nitrogen and oxygen atoms in total. The highest BCUT2D eigenvalue weighted by molar-refractivity contribution is 5.29. The minimum atomic E-state index is 0.215. The molecule has 1 unspecified atom stereocenters. The van der Waals surface area contributed by atoms with E-state index in [9.17, 15) is 0 Å². The first-order valence-electron chi connectivity index (χ1n) is 6.50. The number of pyridine rings is 1. The summed E-state index contributed by atoms with van der Waals surface area (Å²) in [5.41, 5.74) is 1.97. The predicted octanol–water partition coefficient (Wildman–Crippen LogP) is 2.30. The number of nitrogens with zero attached hydrogens (tertiary/aromatic N) is 1. The molecule has 0 aliphatic heterocycles. The van der Waals surface area contributed by atoms with Gasteiger partial charge in [0.05, 0.1) is 18.4 Å². The van der Waals surface area contributed by atoms with Crippen LogP contribution in [-0.2, 0) is 11.3 Å². The molecule has 0 saturated carbocycles. The predicted molar refractivity (Wildman–Crippen MR) is 72.9 cm³/mol. The summed E-state index contributed by atoms with van der Waals surface area (Å²) in [5.74, 6) is 0.875. The first-order chi connectivity index (χ1) is 8.67. The lowest BCUT2D eigenvalue weighted by atomic mass is 10.2. The van der Waals surface area contributed by atoms with Crippen molar-refractivity contribution in [3.05, 3.63) is 23.5 Å². The molecule has 1 atom stereocenters. The van der Waals surface area contributed by atoms with Crippen LogP contribution in [0.1, 0.15) is 31.7 Å². The lowest BCUT2D eigenvalue weighted by Crippen LogP contribution is -2.21. The van der Waals surface area contributed by atoms with Crippen LogP contribution >= 0.6 is 0 Å². The first kappa shape index (κ1) is 14.9. The van der Waals surface area contributed by atoms with Gasteiger partial charge in [-0.25, -0.2) is 0 Å². The van der Waals surface area contributed by atoms with Crippen LogP contribution in [0.4, 0.5) is 0 Å². The summed E-state index contributed by atoms with van der Waals surface area (Å²) >= 11 is 0. The van der Waals surface area contributed by atoms with Gasteiger partial charge in [0, 0.05) is 25.9 Å². The fraction of sp³-hybridized carbons (Fsp3) is 0.643. The van der Waals surface area contributed by atoms with Gasteiger partial charge in [-0.1, -0.05) is 6.92 Å². The largest absolute Gasteiger partial charge is 0.489 e. The normalized spacial score (nSPS) is 12.4. The molecule has 0 aromatic carbocycles. The van der Waals surface area contributed by atoms with Crippen LogP contribution in [0, 0.1) is 6.92 Å². The number of methoxy groups -OCH3 is 1. The van der Waals surface area contributed by atoms with Crippen molar-refractivity contribution >= 4 is 0 Å². The van der Waals surface area contributed by atoms with E-state index in [1.54, 1.807) is 7.11 Å². The Bertz CT molecular complexity index is 356. The Morgan fingerprint density at radius 3 is 2.83 bits per heavy atom. The minimum absolute atomic E-state index is 0.215. The van der Waals surface area contributed by atoms with Crippen molar-refractivity contribution < 1.29 is 9.47 Å². The summed E-state index contributed by atoms with van der Waals surface area (Å²) in [6.45, 7) is 8.40. The number of rotatable bonds is 8. The topological polar surface area (TPSA) is 43.4 Å². The van der Waals surface area contributed by atoms with E-state index in [1.165, 1.54) is 0 Å². The van der Waals surface area contributed by atoms with Gasteiger partial charge >= 0.3 is 0 Å². The van der Waals surface area contributed by atoms with Crippen molar-refractivity contribution in [3.63, 3.8) is 0 Å². The fourth-order valence-corrected chi connectivity index (χ4v) is 1.51. The highest BCUT2D eigenvalue weighted by Crippen LogP contribution is 2.19. The molecule has 1 rings (SSSR count). The van der Waals surface area contributed by atoms with E-state index < -0.39 is 0 Å². The van der Waals surface area contributed by atoms with E-state index in [-0.39, 0.29) is 6.10 Å². The van der Waals surface area contributed by atoms with E-state index in [2.05, 4.69) is 24.1 Å². The number of hydrogen-bond acceptors (Lipinski definition) is 4. The lowest BCUT2D eigenvalue weighted by molar-refractivity contribution is 0.197. The molecule has 0 amide bonds. The zero-order valence-corrected chi connectivity index (χ0v) is 11.8. The summed E-state index contributed by atoms with van der Waals surface area (Å²) in [6, 6.07) is 3.98. The summed E-state index contributed by atoms with van der Waals surface area (Å²) in [7, 11) is 1.70. The molecule has 1 N–H and O–H groups in total. The maximum absolute atomic E-state index is 5.87. The second-order valence-electron chi connectivity index (χ2n) is 4.40. The molecule has 1 aromatic rings. The zero-order chi connectivity index (χ0) is 13.4. The van der Waals surface area contributed by atoms with Gasteiger partial charge in [-0.15, -0.1) is 0 Å². The Morgan fingerprint density at radius 2 is 2.17 bits per heavy atom. The fourth-order valence-electron chi connectivity index (χ4n) is 1.51. The Balaban J connectivity index is 2.64. The molecule has 18 heavy (non-hydrogen) atoms. The number of aryl methyl sites for hydroxylation is 1. The van der Waals surface area contributed by atoms with Crippen LogP contribution < -0.4 is 10.1 Å². The molecule has 0 bridgehead atoms. The average Bonchev–Trinajstić information content (AvgIpc) is 2.37. The molecular formula is C14H24N2O2. The van der Waals surface area contributed by atoms with Crippen molar-refractivity contribution in [2.75, 3.05) is 20.3 Å². The van der Waals surface area contributed by atoms with Crippen molar-refractivity contribution in [3.8, 4) is 5.75 Å². The first-order valence-corrected chi connectivity index (χ1v) is 6.50. The third-order valence-corrected chi connectivity index (χ3v) is 2.75. The standard InChI is InChI=1S/C14H24N2O2/c1-5-12(3)18-14-7-6-11(2)16-13(14)10-15-8-9-17-4/h6-7,12,15H,5,8-10H2,1-4H3. The van der Waals surface area contributed by atoms with Crippen molar-refractivity contribution in [1.29, 1.82) is 0 Å². The maximum Gasteiger partial charge on any atom is 0.142 e. The van der Waals surface area contributed by atoms with Crippen LogP contribution in [0.2, 0.25) is 0 Å². The van der Waals surface area contributed by atoms with E-state index in [0.717, 1.165) is 30.1 Å². The second kappa shape index (κ2) is 8.06. The monoisotopic (exact) mass is 252 g/mol. The Hall–Kier alpha value is -1.13. The smallest absolute Gasteiger partial charge is 0.142 e. The molecule has 1 aromatic heterocycles.